The first-order valence-electron chi connectivity index (χ1n) is 14.5. The first-order chi connectivity index (χ1) is 20.9. The second-order valence-corrected chi connectivity index (χ2v) is 10.2. The molecular formula is C36H40O7. The van der Waals surface area contributed by atoms with Crippen molar-refractivity contribution in [3.05, 3.63) is 95.1 Å². The van der Waals surface area contributed by atoms with Crippen LogP contribution in [0.2, 0.25) is 0 Å². The number of hydrogen-bond acceptors (Lipinski definition) is 7. The summed E-state index contributed by atoms with van der Waals surface area (Å²) >= 11 is 0. The number of carbonyl (C=O) groups is 1. The van der Waals surface area contributed by atoms with Crippen molar-refractivity contribution in [2.75, 3.05) is 27.9 Å². The van der Waals surface area contributed by atoms with E-state index in [1.54, 1.807) is 25.3 Å². The number of ether oxygens (including phenoxy) is 5. The van der Waals surface area contributed by atoms with Crippen LogP contribution in [-0.4, -0.2) is 38.8 Å². The molecule has 4 rings (SSSR count). The SMILES string of the molecule is CCCc1cc(OC)c(O)c(-c2cc(CCC)cc(OC)c2OCC(=O)c2ccc(OCc3ccccc3)c(OC)c2)c1. The second-order valence-electron chi connectivity index (χ2n) is 10.2. The van der Waals surface area contributed by atoms with Gasteiger partial charge in [0.05, 0.1) is 21.3 Å². The number of Topliss-reactive ketones (excluding diaryl/α,β-unsaturated/α-hetero) is 1. The minimum atomic E-state index is -0.254. The fourth-order valence-corrected chi connectivity index (χ4v) is 4.97. The minimum Gasteiger partial charge on any atom is -0.504 e. The van der Waals surface area contributed by atoms with Gasteiger partial charge in [0.1, 0.15) is 6.61 Å². The molecule has 0 atom stereocenters. The summed E-state index contributed by atoms with van der Waals surface area (Å²) in [5.41, 5.74) is 4.69. The fraction of sp³-hybridized carbons (Fsp3) is 0.306. The van der Waals surface area contributed by atoms with E-state index >= 15 is 0 Å². The summed E-state index contributed by atoms with van der Waals surface area (Å²) in [4.78, 5) is 13.4. The summed E-state index contributed by atoms with van der Waals surface area (Å²) in [6.07, 6.45) is 3.49. The molecule has 7 nitrogen and oxygen atoms in total. The zero-order chi connectivity index (χ0) is 30.8. The van der Waals surface area contributed by atoms with Gasteiger partial charge >= 0.3 is 0 Å². The Hall–Kier alpha value is -4.65. The number of phenolic OH excluding ortho intramolecular Hbond substituents is 1. The highest BCUT2D eigenvalue weighted by molar-refractivity contribution is 5.98. The Labute approximate surface area is 254 Å². The van der Waals surface area contributed by atoms with Crippen molar-refractivity contribution in [1.82, 2.24) is 0 Å². The van der Waals surface area contributed by atoms with Gasteiger partial charge in [0.15, 0.2) is 46.9 Å². The van der Waals surface area contributed by atoms with Crippen LogP contribution in [0.4, 0.5) is 0 Å². The summed E-state index contributed by atoms with van der Waals surface area (Å²) in [5.74, 6) is 1.98. The van der Waals surface area contributed by atoms with Crippen molar-refractivity contribution in [2.24, 2.45) is 0 Å². The number of phenols is 1. The van der Waals surface area contributed by atoms with Crippen LogP contribution in [0.3, 0.4) is 0 Å². The lowest BCUT2D eigenvalue weighted by molar-refractivity contribution is 0.0919. The van der Waals surface area contributed by atoms with Crippen molar-refractivity contribution in [3.8, 4) is 45.6 Å². The molecule has 43 heavy (non-hydrogen) atoms. The van der Waals surface area contributed by atoms with Crippen LogP contribution in [0.1, 0.15) is 53.7 Å². The van der Waals surface area contributed by atoms with Crippen LogP contribution in [0.25, 0.3) is 11.1 Å². The van der Waals surface area contributed by atoms with Gasteiger partial charge in [-0.2, -0.15) is 0 Å². The predicted octanol–water partition coefficient (Wildman–Crippen LogP) is 7.83. The van der Waals surface area contributed by atoms with Crippen molar-refractivity contribution < 1.29 is 33.6 Å². The minimum absolute atomic E-state index is 0.00468. The Morgan fingerprint density at radius 3 is 1.91 bits per heavy atom. The van der Waals surface area contributed by atoms with Crippen molar-refractivity contribution >= 4 is 5.78 Å². The van der Waals surface area contributed by atoms with Gasteiger partial charge in [0.25, 0.3) is 0 Å². The summed E-state index contributed by atoms with van der Waals surface area (Å²) < 4.78 is 28.9. The average Bonchev–Trinajstić information content (AvgIpc) is 3.03. The highest BCUT2D eigenvalue weighted by Crippen LogP contribution is 2.46. The molecule has 0 spiro atoms. The molecule has 0 heterocycles. The smallest absolute Gasteiger partial charge is 0.200 e. The van der Waals surface area contributed by atoms with Crippen molar-refractivity contribution in [2.45, 2.75) is 46.1 Å². The van der Waals surface area contributed by atoms with Crippen LogP contribution < -0.4 is 23.7 Å². The lowest BCUT2D eigenvalue weighted by atomic mass is 9.95. The standard InChI is InChI=1S/C36H40O7/c1-6-11-25-17-28(35(38)33(19-25)40-4)29-18-26(12-7-2)20-34(41-5)36(29)43-23-30(37)27-15-16-31(32(21-27)39-3)42-22-24-13-9-8-10-14-24/h8-10,13-21,38H,6-7,11-12,22-23H2,1-5H3. The van der Waals surface area contributed by atoms with Gasteiger partial charge < -0.3 is 28.8 Å². The number of benzene rings is 4. The van der Waals surface area contributed by atoms with E-state index in [4.69, 9.17) is 23.7 Å². The monoisotopic (exact) mass is 584 g/mol. The van der Waals surface area contributed by atoms with E-state index in [-0.39, 0.29) is 18.1 Å². The first-order valence-corrected chi connectivity index (χ1v) is 14.5. The summed E-state index contributed by atoms with van der Waals surface area (Å²) in [6, 6.07) is 22.6. The highest BCUT2D eigenvalue weighted by atomic mass is 16.5. The number of hydrogen-bond donors (Lipinski definition) is 1. The third-order valence-corrected chi connectivity index (χ3v) is 7.13. The van der Waals surface area contributed by atoms with Gasteiger partial charge in [-0.15, -0.1) is 0 Å². The molecule has 0 aromatic heterocycles. The number of rotatable bonds is 15. The molecule has 0 saturated heterocycles. The van der Waals surface area contributed by atoms with Gasteiger partial charge in [0, 0.05) is 16.7 Å². The molecule has 0 aliphatic rings. The summed E-state index contributed by atoms with van der Waals surface area (Å²) in [6.45, 7) is 4.32. The third kappa shape index (κ3) is 7.60. The normalized spacial score (nSPS) is 10.7. The van der Waals surface area contributed by atoms with E-state index < -0.39 is 0 Å². The van der Waals surface area contributed by atoms with E-state index in [1.807, 2.05) is 54.6 Å². The maximum atomic E-state index is 13.4. The molecule has 0 fully saturated rings. The molecule has 0 aliphatic carbocycles. The topological polar surface area (TPSA) is 83.5 Å². The molecule has 7 heteroatoms. The molecule has 0 radical (unpaired) electrons. The summed E-state index contributed by atoms with van der Waals surface area (Å²) in [7, 11) is 4.64. The number of carbonyl (C=O) groups excluding carboxylic acids is 1. The number of aromatic hydroxyl groups is 1. The van der Waals surface area contributed by atoms with E-state index in [0.29, 0.717) is 52.0 Å². The zero-order valence-corrected chi connectivity index (χ0v) is 25.6. The molecule has 0 bridgehead atoms. The summed E-state index contributed by atoms with van der Waals surface area (Å²) in [5, 5.41) is 11.2. The largest absolute Gasteiger partial charge is 0.504 e. The molecule has 0 saturated carbocycles. The Morgan fingerprint density at radius 1 is 0.651 bits per heavy atom. The van der Waals surface area contributed by atoms with Gasteiger partial charge in [0.2, 0.25) is 0 Å². The molecule has 4 aromatic carbocycles. The van der Waals surface area contributed by atoms with Crippen LogP contribution in [0, 0.1) is 0 Å². The number of aryl methyl sites for hydroxylation is 2. The second kappa shape index (κ2) is 15.0. The van der Waals surface area contributed by atoms with E-state index in [0.717, 1.165) is 42.4 Å². The number of ketones is 1. The van der Waals surface area contributed by atoms with Gasteiger partial charge in [-0.3, -0.25) is 4.79 Å². The quantitative estimate of drug-likeness (QED) is 0.143. The first kappa shape index (κ1) is 31.3. The van der Waals surface area contributed by atoms with E-state index in [9.17, 15) is 9.90 Å². The molecule has 1 N–H and O–H groups in total. The van der Waals surface area contributed by atoms with Gasteiger partial charge in [-0.05, 0) is 72.0 Å². The predicted molar refractivity (Wildman–Crippen MR) is 168 cm³/mol. The highest BCUT2D eigenvalue weighted by Gasteiger charge is 2.22. The van der Waals surface area contributed by atoms with Crippen molar-refractivity contribution in [3.63, 3.8) is 0 Å². The molecule has 0 unspecified atom stereocenters. The Balaban J connectivity index is 1.64. The lowest BCUT2D eigenvalue weighted by Gasteiger charge is -2.19. The van der Waals surface area contributed by atoms with Crippen LogP contribution in [-0.2, 0) is 19.4 Å². The maximum absolute atomic E-state index is 13.4. The Kier molecular flexibility index (Phi) is 10.9. The lowest BCUT2D eigenvalue weighted by Crippen LogP contribution is -2.13. The number of methoxy groups -OCH3 is 3. The van der Waals surface area contributed by atoms with Crippen LogP contribution in [0.5, 0.6) is 34.5 Å². The van der Waals surface area contributed by atoms with E-state index in [2.05, 4.69) is 13.8 Å². The molecule has 226 valence electrons. The Bertz CT molecular complexity index is 1530. The molecule has 4 aromatic rings. The maximum Gasteiger partial charge on any atom is 0.200 e. The molecule has 0 aliphatic heterocycles. The fourth-order valence-electron chi connectivity index (χ4n) is 4.97. The van der Waals surface area contributed by atoms with Gasteiger partial charge in [-0.1, -0.05) is 57.0 Å². The van der Waals surface area contributed by atoms with Gasteiger partial charge in [-0.25, -0.2) is 0 Å². The third-order valence-electron chi connectivity index (χ3n) is 7.13. The zero-order valence-electron chi connectivity index (χ0n) is 25.6. The molecular weight excluding hydrogens is 544 g/mol. The average molecular weight is 585 g/mol. The van der Waals surface area contributed by atoms with E-state index in [1.165, 1.54) is 14.2 Å². The van der Waals surface area contributed by atoms with Crippen LogP contribution >= 0.6 is 0 Å². The molecule has 0 amide bonds. The Morgan fingerprint density at radius 2 is 1.28 bits per heavy atom. The van der Waals surface area contributed by atoms with Crippen LogP contribution in [0.15, 0.2) is 72.8 Å². The van der Waals surface area contributed by atoms with Crippen molar-refractivity contribution in [1.29, 1.82) is 0 Å².